The molecule has 2 amide bonds. The minimum absolute atomic E-state index is 0.158. The number of nitrogens with one attached hydrogen (secondary N) is 2. The fourth-order valence-electron chi connectivity index (χ4n) is 1.87. The van der Waals surface area contributed by atoms with E-state index in [0.717, 1.165) is 11.1 Å². The summed E-state index contributed by atoms with van der Waals surface area (Å²) in [6.45, 7) is 1.78. The van der Waals surface area contributed by atoms with Gasteiger partial charge in [-0.1, -0.05) is 42.5 Å². The molecule has 22 heavy (non-hydrogen) atoms. The van der Waals surface area contributed by atoms with Crippen molar-refractivity contribution in [2.24, 2.45) is 0 Å². The number of amides is 2. The molecule has 0 aliphatic carbocycles. The number of benzene rings is 2. The van der Waals surface area contributed by atoms with Crippen LogP contribution in [-0.2, 0) is 16.0 Å². The molecule has 0 spiro atoms. The van der Waals surface area contributed by atoms with Crippen molar-refractivity contribution >= 4 is 11.8 Å². The molecular weight excluding hydrogens is 280 g/mol. The molecule has 2 N–H and O–H groups in total. The number of hydrazine groups is 1. The van der Waals surface area contributed by atoms with E-state index in [0.29, 0.717) is 5.75 Å². The number of aryl methyl sites for hydroxylation is 1. The lowest BCUT2D eigenvalue weighted by atomic mass is 10.1. The predicted molar refractivity (Wildman–Crippen MR) is 83.1 cm³/mol. The van der Waals surface area contributed by atoms with Crippen LogP contribution in [0.1, 0.15) is 11.1 Å². The molecular formula is C17H18N2O3. The lowest BCUT2D eigenvalue weighted by Gasteiger charge is -2.09. The highest BCUT2D eigenvalue weighted by Gasteiger charge is 2.07. The van der Waals surface area contributed by atoms with E-state index in [1.807, 2.05) is 49.4 Å². The average molecular weight is 298 g/mol. The summed E-state index contributed by atoms with van der Waals surface area (Å²) < 4.78 is 5.27. The third-order valence-electron chi connectivity index (χ3n) is 3.07. The summed E-state index contributed by atoms with van der Waals surface area (Å²) in [7, 11) is 0. The van der Waals surface area contributed by atoms with Gasteiger partial charge < -0.3 is 4.74 Å². The molecule has 2 aromatic carbocycles. The molecule has 2 rings (SSSR count). The molecule has 0 bridgehead atoms. The van der Waals surface area contributed by atoms with Crippen LogP contribution in [0.2, 0.25) is 0 Å². The molecule has 5 nitrogen and oxygen atoms in total. The fourth-order valence-corrected chi connectivity index (χ4v) is 1.87. The zero-order chi connectivity index (χ0) is 15.8. The van der Waals surface area contributed by atoms with Gasteiger partial charge in [-0.15, -0.1) is 0 Å². The van der Waals surface area contributed by atoms with Crippen LogP contribution in [-0.4, -0.2) is 18.4 Å². The zero-order valence-corrected chi connectivity index (χ0v) is 12.3. The van der Waals surface area contributed by atoms with Crippen molar-refractivity contribution in [3.8, 4) is 5.75 Å². The highest BCUT2D eigenvalue weighted by molar-refractivity contribution is 5.84. The van der Waals surface area contributed by atoms with Gasteiger partial charge in [0.15, 0.2) is 6.61 Å². The van der Waals surface area contributed by atoms with Crippen LogP contribution in [0.4, 0.5) is 0 Å². The second-order valence-corrected chi connectivity index (χ2v) is 4.80. The second kappa shape index (κ2) is 7.83. The molecule has 0 radical (unpaired) electrons. The van der Waals surface area contributed by atoms with Crippen LogP contribution in [0, 0.1) is 6.92 Å². The first kappa shape index (κ1) is 15.6. The van der Waals surface area contributed by atoms with E-state index in [-0.39, 0.29) is 18.9 Å². The first-order valence-corrected chi connectivity index (χ1v) is 6.95. The zero-order valence-electron chi connectivity index (χ0n) is 12.3. The molecule has 0 saturated heterocycles. The Hall–Kier alpha value is -2.82. The first-order valence-electron chi connectivity index (χ1n) is 6.95. The summed E-state index contributed by atoms with van der Waals surface area (Å²) in [5.74, 6) is -0.0896. The van der Waals surface area contributed by atoms with E-state index in [2.05, 4.69) is 10.9 Å². The van der Waals surface area contributed by atoms with Crippen molar-refractivity contribution in [3.05, 3.63) is 65.7 Å². The summed E-state index contributed by atoms with van der Waals surface area (Å²) in [4.78, 5) is 23.4. The third kappa shape index (κ3) is 4.94. The van der Waals surface area contributed by atoms with Gasteiger partial charge in [-0.05, 0) is 30.2 Å². The third-order valence-corrected chi connectivity index (χ3v) is 3.07. The van der Waals surface area contributed by atoms with Gasteiger partial charge in [0.25, 0.3) is 5.91 Å². The van der Waals surface area contributed by atoms with Gasteiger partial charge in [-0.25, -0.2) is 0 Å². The van der Waals surface area contributed by atoms with Crippen LogP contribution in [0.15, 0.2) is 54.6 Å². The van der Waals surface area contributed by atoms with Crippen molar-refractivity contribution in [2.75, 3.05) is 6.61 Å². The standard InChI is InChI=1S/C17H18N2O3/c1-13-7-5-6-8-14(13)11-16(20)18-19-17(21)12-22-15-9-3-2-4-10-15/h2-10H,11-12H2,1H3,(H,18,20)(H,19,21). The quantitative estimate of drug-likeness (QED) is 0.827. The van der Waals surface area contributed by atoms with E-state index < -0.39 is 5.91 Å². The molecule has 114 valence electrons. The number of hydrogen-bond acceptors (Lipinski definition) is 3. The van der Waals surface area contributed by atoms with Gasteiger partial charge >= 0.3 is 0 Å². The van der Waals surface area contributed by atoms with Crippen LogP contribution < -0.4 is 15.6 Å². The maximum absolute atomic E-state index is 11.8. The van der Waals surface area contributed by atoms with Crippen molar-refractivity contribution in [1.29, 1.82) is 0 Å². The Bertz CT molecular complexity index is 641. The molecule has 0 atom stereocenters. The Balaban J connectivity index is 1.72. The van der Waals surface area contributed by atoms with Crippen molar-refractivity contribution in [2.45, 2.75) is 13.3 Å². The van der Waals surface area contributed by atoms with Crippen LogP contribution in [0.3, 0.4) is 0 Å². The smallest absolute Gasteiger partial charge is 0.276 e. The molecule has 0 fully saturated rings. The minimum Gasteiger partial charge on any atom is -0.484 e. The van der Waals surface area contributed by atoms with E-state index in [1.54, 1.807) is 12.1 Å². The number of ether oxygens (including phenoxy) is 1. The molecule has 2 aromatic rings. The fraction of sp³-hybridized carbons (Fsp3) is 0.176. The number of hydrogen-bond donors (Lipinski definition) is 2. The maximum Gasteiger partial charge on any atom is 0.276 e. The molecule has 0 aromatic heterocycles. The van der Waals surface area contributed by atoms with E-state index >= 15 is 0 Å². The SMILES string of the molecule is Cc1ccccc1CC(=O)NNC(=O)COc1ccccc1. The Morgan fingerprint density at radius 1 is 0.909 bits per heavy atom. The normalized spacial score (nSPS) is 9.86. The van der Waals surface area contributed by atoms with Gasteiger partial charge in [0.1, 0.15) is 5.75 Å². The average Bonchev–Trinajstić information content (AvgIpc) is 2.54. The maximum atomic E-state index is 11.8. The van der Waals surface area contributed by atoms with Crippen molar-refractivity contribution < 1.29 is 14.3 Å². The van der Waals surface area contributed by atoms with Gasteiger partial charge in [0, 0.05) is 0 Å². The van der Waals surface area contributed by atoms with Gasteiger partial charge in [-0.2, -0.15) is 0 Å². The Morgan fingerprint density at radius 2 is 1.55 bits per heavy atom. The molecule has 0 heterocycles. The summed E-state index contributed by atoms with van der Waals surface area (Å²) in [5, 5.41) is 0. The summed E-state index contributed by atoms with van der Waals surface area (Å²) in [5.41, 5.74) is 6.67. The second-order valence-electron chi connectivity index (χ2n) is 4.80. The van der Waals surface area contributed by atoms with E-state index in [9.17, 15) is 9.59 Å². The summed E-state index contributed by atoms with van der Waals surface area (Å²) in [6.07, 6.45) is 0.215. The minimum atomic E-state index is -0.415. The van der Waals surface area contributed by atoms with Crippen molar-refractivity contribution in [3.63, 3.8) is 0 Å². The predicted octanol–water partition coefficient (Wildman–Crippen LogP) is 1.76. The Kier molecular flexibility index (Phi) is 5.54. The Morgan fingerprint density at radius 3 is 2.27 bits per heavy atom. The Labute approximate surface area is 129 Å². The molecule has 0 aliphatic heterocycles. The topological polar surface area (TPSA) is 67.4 Å². The van der Waals surface area contributed by atoms with Crippen LogP contribution >= 0.6 is 0 Å². The molecule has 5 heteroatoms. The number of para-hydroxylation sites is 1. The van der Waals surface area contributed by atoms with Gasteiger partial charge in [-0.3, -0.25) is 20.4 Å². The lowest BCUT2D eigenvalue weighted by molar-refractivity contribution is -0.129. The van der Waals surface area contributed by atoms with Crippen LogP contribution in [0.25, 0.3) is 0 Å². The van der Waals surface area contributed by atoms with E-state index in [1.165, 1.54) is 0 Å². The molecule has 0 unspecified atom stereocenters. The van der Waals surface area contributed by atoms with Crippen LogP contribution in [0.5, 0.6) is 5.75 Å². The highest BCUT2D eigenvalue weighted by atomic mass is 16.5. The van der Waals surface area contributed by atoms with Crippen molar-refractivity contribution in [1.82, 2.24) is 10.9 Å². The number of carbonyl (C=O) groups is 2. The number of rotatable bonds is 5. The number of carbonyl (C=O) groups excluding carboxylic acids is 2. The summed E-state index contributed by atoms with van der Waals surface area (Å²) >= 11 is 0. The van der Waals surface area contributed by atoms with Gasteiger partial charge in [0.2, 0.25) is 5.91 Å². The first-order chi connectivity index (χ1) is 10.6. The molecule has 0 saturated carbocycles. The highest BCUT2D eigenvalue weighted by Crippen LogP contribution is 2.08. The van der Waals surface area contributed by atoms with E-state index in [4.69, 9.17) is 4.74 Å². The summed E-state index contributed by atoms with van der Waals surface area (Å²) in [6, 6.07) is 16.6. The monoisotopic (exact) mass is 298 g/mol. The lowest BCUT2D eigenvalue weighted by Crippen LogP contribution is -2.44. The molecule has 0 aliphatic rings. The largest absolute Gasteiger partial charge is 0.484 e. The van der Waals surface area contributed by atoms with Gasteiger partial charge in [0.05, 0.1) is 6.42 Å².